The van der Waals surface area contributed by atoms with Gasteiger partial charge in [-0.05, 0) is 61.2 Å². The van der Waals surface area contributed by atoms with E-state index in [1.165, 1.54) is 0 Å². The number of hydrogen-bond acceptors (Lipinski definition) is 6. The minimum atomic E-state index is -0.159. The molecule has 0 radical (unpaired) electrons. The van der Waals surface area contributed by atoms with E-state index in [0.29, 0.717) is 12.2 Å². The largest absolute Gasteiger partial charge is 0.492 e. The summed E-state index contributed by atoms with van der Waals surface area (Å²) in [5, 5.41) is 24.0. The highest BCUT2D eigenvalue weighted by atomic mass is 16.5. The van der Waals surface area contributed by atoms with Crippen molar-refractivity contribution in [3.05, 3.63) is 72.2 Å². The number of rotatable bonds is 7. The second-order valence-corrected chi connectivity index (χ2v) is 9.02. The number of nitriles is 1. The van der Waals surface area contributed by atoms with Gasteiger partial charge in [-0.1, -0.05) is 12.1 Å². The fourth-order valence-electron chi connectivity index (χ4n) is 4.54. The number of piperidine rings is 1. The van der Waals surface area contributed by atoms with Gasteiger partial charge in [0.05, 0.1) is 17.4 Å². The third-order valence-corrected chi connectivity index (χ3v) is 6.62. The Morgan fingerprint density at radius 1 is 1.17 bits per heavy atom. The van der Waals surface area contributed by atoms with Crippen LogP contribution in [0.2, 0.25) is 0 Å². The molecule has 3 N–H and O–H groups in total. The van der Waals surface area contributed by atoms with E-state index in [1.807, 2.05) is 43.5 Å². The second-order valence-electron chi connectivity index (χ2n) is 9.02. The summed E-state index contributed by atoms with van der Waals surface area (Å²) >= 11 is 0. The first-order chi connectivity index (χ1) is 17.1. The van der Waals surface area contributed by atoms with Crippen molar-refractivity contribution in [3.8, 4) is 22.9 Å². The highest BCUT2D eigenvalue weighted by Gasteiger charge is 2.17. The molecule has 5 rings (SSSR count). The van der Waals surface area contributed by atoms with Crippen LogP contribution in [0.5, 0.6) is 5.75 Å². The zero-order chi connectivity index (χ0) is 24.2. The molecule has 1 aliphatic heterocycles. The van der Waals surface area contributed by atoms with Gasteiger partial charge in [0.25, 0.3) is 0 Å². The molecule has 1 aliphatic rings. The van der Waals surface area contributed by atoms with Crippen LogP contribution in [-0.2, 0) is 0 Å². The molecule has 4 aromatic rings. The number of benzene rings is 2. The van der Waals surface area contributed by atoms with E-state index in [9.17, 15) is 10.4 Å². The zero-order valence-electron chi connectivity index (χ0n) is 19.8. The van der Waals surface area contributed by atoms with E-state index in [4.69, 9.17) is 4.74 Å². The molecule has 3 heterocycles. The van der Waals surface area contributed by atoms with Gasteiger partial charge in [0.2, 0.25) is 0 Å². The number of aliphatic hydroxyl groups excluding tert-OH is 1. The first-order valence-electron chi connectivity index (χ1n) is 12.0. The summed E-state index contributed by atoms with van der Waals surface area (Å²) in [6.07, 6.45) is 6.81. The van der Waals surface area contributed by atoms with Crippen LogP contribution in [0.4, 0.5) is 11.4 Å². The number of nitrogens with one attached hydrogen (secondary N) is 2. The third-order valence-electron chi connectivity index (χ3n) is 6.62. The van der Waals surface area contributed by atoms with Crippen LogP contribution in [-0.4, -0.2) is 52.3 Å². The van der Waals surface area contributed by atoms with Crippen LogP contribution >= 0.6 is 0 Å². The van der Waals surface area contributed by atoms with Crippen molar-refractivity contribution in [1.29, 1.82) is 5.26 Å². The van der Waals surface area contributed by atoms with Crippen LogP contribution in [0, 0.1) is 18.3 Å². The van der Waals surface area contributed by atoms with Gasteiger partial charge in [-0.2, -0.15) is 5.26 Å². The third kappa shape index (κ3) is 5.14. The molecular weight excluding hydrogens is 438 g/mol. The van der Waals surface area contributed by atoms with Crippen molar-refractivity contribution in [3.63, 3.8) is 0 Å². The van der Waals surface area contributed by atoms with E-state index < -0.39 is 0 Å². The number of ether oxygens (including phenoxy) is 1. The SMILES string of the molecule is Cc1cc2[nH]ccc2cc1Nc1c(C#N)cncc1-c1ccc(OCCN2CCC(O)CC2)cc1. The molecule has 178 valence electrons. The molecule has 0 spiro atoms. The average Bonchev–Trinajstić information content (AvgIpc) is 3.33. The van der Waals surface area contributed by atoms with Crippen molar-refractivity contribution < 1.29 is 9.84 Å². The van der Waals surface area contributed by atoms with Crippen LogP contribution in [0.15, 0.2) is 61.1 Å². The van der Waals surface area contributed by atoms with Gasteiger partial charge in [0.1, 0.15) is 18.4 Å². The monoisotopic (exact) mass is 467 g/mol. The summed E-state index contributed by atoms with van der Waals surface area (Å²) in [4.78, 5) is 9.87. The standard InChI is InChI=1S/C28H29N5O2/c1-19-14-27-21(6-9-31-27)15-26(19)32-28-22(16-29)17-30-18-25(28)20-2-4-24(5-3-20)35-13-12-33-10-7-23(34)8-11-33/h2-6,9,14-15,17-18,23,31,34H,7-8,10-13H2,1H3,(H,30,32). The maximum absolute atomic E-state index is 9.77. The minimum absolute atomic E-state index is 0.159. The summed E-state index contributed by atoms with van der Waals surface area (Å²) in [6.45, 7) is 5.33. The maximum atomic E-state index is 9.77. The number of nitrogens with zero attached hydrogens (tertiary/aromatic N) is 3. The van der Waals surface area contributed by atoms with Crippen molar-refractivity contribution in [2.45, 2.75) is 25.9 Å². The van der Waals surface area contributed by atoms with Crippen molar-refractivity contribution >= 4 is 22.3 Å². The molecule has 7 heteroatoms. The number of fused-ring (bicyclic) bond motifs is 1. The Morgan fingerprint density at radius 3 is 2.74 bits per heavy atom. The summed E-state index contributed by atoms with van der Waals surface area (Å²) in [6, 6.07) is 16.4. The summed E-state index contributed by atoms with van der Waals surface area (Å²) in [5.74, 6) is 0.804. The van der Waals surface area contributed by atoms with E-state index in [1.54, 1.807) is 12.4 Å². The number of H-pyrrole nitrogens is 1. The number of pyridine rings is 1. The number of aromatic nitrogens is 2. The predicted molar refractivity (Wildman–Crippen MR) is 138 cm³/mol. The van der Waals surface area contributed by atoms with E-state index in [0.717, 1.165) is 77.2 Å². The Balaban J connectivity index is 1.33. The molecule has 0 atom stereocenters. The Kier molecular flexibility index (Phi) is 6.66. The van der Waals surface area contributed by atoms with Crippen LogP contribution in [0.25, 0.3) is 22.0 Å². The molecule has 0 bridgehead atoms. The Hall–Kier alpha value is -3.86. The first kappa shape index (κ1) is 22.9. The Bertz CT molecular complexity index is 1350. The topological polar surface area (TPSA) is 97.2 Å². The molecule has 0 unspecified atom stereocenters. The summed E-state index contributed by atoms with van der Waals surface area (Å²) < 4.78 is 5.96. The van der Waals surface area contributed by atoms with E-state index in [-0.39, 0.29) is 6.10 Å². The minimum Gasteiger partial charge on any atom is -0.492 e. The maximum Gasteiger partial charge on any atom is 0.119 e. The number of likely N-dealkylation sites (tertiary alicyclic amines) is 1. The van der Waals surface area contributed by atoms with Gasteiger partial charge >= 0.3 is 0 Å². The van der Waals surface area contributed by atoms with Gasteiger partial charge < -0.3 is 20.1 Å². The molecular formula is C28H29N5O2. The number of anilines is 2. The summed E-state index contributed by atoms with van der Waals surface area (Å²) in [7, 11) is 0. The highest BCUT2D eigenvalue weighted by Crippen LogP contribution is 2.35. The van der Waals surface area contributed by atoms with Gasteiger partial charge in [-0.25, -0.2) is 0 Å². The molecule has 0 saturated carbocycles. The predicted octanol–water partition coefficient (Wildman–Crippen LogP) is 4.99. The Labute approximate surface area is 205 Å². The normalized spacial score (nSPS) is 14.7. The van der Waals surface area contributed by atoms with Crippen molar-refractivity contribution in [2.24, 2.45) is 0 Å². The second kappa shape index (κ2) is 10.2. The van der Waals surface area contributed by atoms with Crippen LogP contribution < -0.4 is 10.1 Å². The van der Waals surface area contributed by atoms with Crippen molar-refractivity contribution in [2.75, 3.05) is 31.6 Å². The highest BCUT2D eigenvalue weighted by molar-refractivity contribution is 5.89. The lowest BCUT2D eigenvalue weighted by atomic mass is 10.0. The fourth-order valence-corrected chi connectivity index (χ4v) is 4.54. The lowest BCUT2D eigenvalue weighted by molar-refractivity contribution is 0.0755. The van der Waals surface area contributed by atoms with Gasteiger partial charge in [-0.3, -0.25) is 9.88 Å². The molecule has 1 fully saturated rings. The van der Waals surface area contributed by atoms with Crippen molar-refractivity contribution in [1.82, 2.24) is 14.9 Å². The van der Waals surface area contributed by atoms with Gasteiger partial charge in [0.15, 0.2) is 0 Å². The number of hydrogen-bond donors (Lipinski definition) is 3. The van der Waals surface area contributed by atoms with Gasteiger partial charge in [0, 0.05) is 60.4 Å². The first-order valence-corrected chi connectivity index (χ1v) is 12.0. The fraction of sp³-hybridized carbons (Fsp3) is 0.286. The molecule has 0 aliphatic carbocycles. The van der Waals surface area contributed by atoms with E-state index in [2.05, 4.69) is 38.4 Å². The van der Waals surface area contributed by atoms with Crippen LogP contribution in [0.1, 0.15) is 24.0 Å². The number of aliphatic hydroxyl groups is 1. The number of aromatic amines is 1. The quantitative estimate of drug-likeness (QED) is 0.354. The lowest BCUT2D eigenvalue weighted by Crippen LogP contribution is -2.38. The molecule has 1 saturated heterocycles. The lowest BCUT2D eigenvalue weighted by Gasteiger charge is -2.29. The van der Waals surface area contributed by atoms with E-state index >= 15 is 0 Å². The molecule has 7 nitrogen and oxygen atoms in total. The smallest absolute Gasteiger partial charge is 0.119 e. The number of aryl methyl sites for hydroxylation is 1. The molecule has 35 heavy (non-hydrogen) atoms. The molecule has 2 aromatic heterocycles. The molecule has 0 amide bonds. The zero-order valence-corrected chi connectivity index (χ0v) is 19.8. The summed E-state index contributed by atoms with van der Waals surface area (Å²) in [5.41, 5.74) is 6.15. The Morgan fingerprint density at radius 2 is 1.97 bits per heavy atom. The molecule has 2 aromatic carbocycles. The average molecular weight is 468 g/mol. The van der Waals surface area contributed by atoms with Gasteiger partial charge in [-0.15, -0.1) is 0 Å². The van der Waals surface area contributed by atoms with Crippen LogP contribution in [0.3, 0.4) is 0 Å².